The summed E-state index contributed by atoms with van der Waals surface area (Å²) in [5.74, 6) is -0.527. The van der Waals surface area contributed by atoms with Crippen LogP contribution in [0.2, 0.25) is 0 Å². The first-order chi connectivity index (χ1) is 10.9. The van der Waals surface area contributed by atoms with Crippen LogP contribution in [-0.4, -0.2) is 27.6 Å². The minimum atomic E-state index is -3.80. The molecule has 0 unspecified atom stereocenters. The molecule has 2 rings (SSSR count). The van der Waals surface area contributed by atoms with E-state index in [2.05, 4.69) is 0 Å². The summed E-state index contributed by atoms with van der Waals surface area (Å²) in [6.45, 7) is 0.0970. The molecule has 2 N–H and O–H groups in total. The van der Waals surface area contributed by atoms with Crippen LogP contribution in [0.1, 0.15) is 10.4 Å². The van der Waals surface area contributed by atoms with Crippen LogP contribution in [0.25, 0.3) is 0 Å². The van der Waals surface area contributed by atoms with Gasteiger partial charge in [0, 0.05) is 0 Å². The molecule has 0 radical (unpaired) electrons. The smallest absolute Gasteiger partial charge is 0.338 e. The molecule has 0 bridgehead atoms. The highest BCUT2D eigenvalue weighted by Gasteiger charge is 2.11. The van der Waals surface area contributed by atoms with Gasteiger partial charge in [-0.2, -0.15) is 0 Å². The summed E-state index contributed by atoms with van der Waals surface area (Å²) in [6.07, 6.45) is 0. The van der Waals surface area contributed by atoms with Gasteiger partial charge in [0.05, 0.1) is 10.5 Å². The van der Waals surface area contributed by atoms with Crippen molar-refractivity contribution in [3.05, 3.63) is 59.9 Å². The molecule has 0 saturated heterocycles. The Bertz CT molecular complexity index is 773. The van der Waals surface area contributed by atoms with Gasteiger partial charge in [-0.3, -0.25) is 0 Å². The van der Waals surface area contributed by atoms with Gasteiger partial charge >= 0.3 is 5.97 Å². The molecule has 0 heterocycles. The molecule has 23 heavy (non-hydrogen) atoms. The lowest BCUT2D eigenvalue weighted by atomic mass is 10.2. The Balaban J connectivity index is 1.81. The fourth-order valence-corrected chi connectivity index (χ4v) is 2.20. The average Bonchev–Trinajstić information content (AvgIpc) is 2.52. The van der Waals surface area contributed by atoms with Crippen LogP contribution >= 0.6 is 0 Å². The third-order valence-electron chi connectivity index (χ3n) is 2.82. The molecule has 0 atom stereocenters. The maximum atomic E-state index is 12.7. The van der Waals surface area contributed by atoms with Crippen molar-refractivity contribution in [1.29, 1.82) is 0 Å². The molecule has 0 fully saturated rings. The lowest BCUT2D eigenvalue weighted by Crippen LogP contribution is -2.14. The second-order valence-corrected chi connectivity index (χ2v) is 6.07. The van der Waals surface area contributed by atoms with Crippen molar-refractivity contribution in [2.24, 2.45) is 5.14 Å². The number of carbonyl (C=O) groups is 1. The SMILES string of the molecule is NS(=O)(=O)c1ccc(C(=O)OCCOc2ccc(F)cc2)cc1. The number of hydrogen-bond donors (Lipinski definition) is 1. The second kappa shape index (κ2) is 7.21. The molecule has 0 aromatic heterocycles. The Hall–Kier alpha value is -2.45. The zero-order valence-corrected chi connectivity index (χ0v) is 12.8. The highest BCUT2D eigenvalue weighted by Crippen LogP contribution is 2.12. The number of carbonyl (C=O) groups excluding carboxylic acids is 1. The molecule has 0 aliphatic heterocycles. The van der Waals surface area contributed by atoms with Crippen LogP contribution in [0.5, 0.6) is 5.75 Å². The van der Waals surface area contributed by atoms with E-state index in [0.29, 0.717) is 5.75 Å². The normalized spacial score (nSPS) is 11.0. The van der Waals surface area contributed by atoms with Gasteiger partial charge in [0.1, 0.15) is 24.8 Å². The summed E-state index contributed by atoms with van der Waals surface area (Å²) < 4.78 is 45.2. The first kappa shape index (κ1) is 16.9. The van der Waals surface area contributed by atoms with Crippen LogP contribution in [0.15, 0.2) is 53.4 Å². The molecule has 0 aliphatic carbocycles. The van der Waals surface area contributed by atoms with Crippen LogP contribution < -0.4 is 9.88 Å². The second-order valence-electron chi connectivity index (χ2n) is 4.51. The third kappa shape index (κ3) is 5.04. The van der Waals surface area contributed by atoms with Crippen molar-refractivity contribution < 1.29 is 27.1 Å². The first-order valence-corrected chi connectivity index (χ1v) is 8.09. The van der Waals surface area contributed by atoms with Gasteiger partial charge in [0.2, 0.25) is 10.0 Å². The molecule has 0 spiro atoms. The maximum absolute atomic E-state index is 12.7. The van der Waals surface area contributed by atoms with E-state index >= 15 is 0 Å². The Morgan fingerprint density at radius 2 is 1.61 bits per heavy atom. The third-order valence-corrected chi connectivity index (χ3v) is 3.75. The summed E-state index contributed by atoms with van der Waals surface area (Å²) in [7, 11) is -3.80. The standard InChI is InChI=1S/C15H14FNO5S/c16-12-3-5-13(6-4-12)21-9-10-22-15(18)11-1-7-14(8-2-11)23(17,19)20/h1-8H,9-10H2,(H2,17,19,20). The molecule has 0 amide bonds. The van der Waals surface area contributed by atoms with Crippen LogP contribution in [0.3, 0.4) is 0 Å². The van der Waals surface area contributed by atoms with Crippen molar-refractivity contribution in [2.45, 2.75) is 4.90 Å². The van der Waals surface area contributed by atoms with Gasteiger partial charge in [0.25, 0.3) is 0 Å². The number of halogens is 1. The molecule has 122 valence electrons. The van der Waals surface area contributed by atoms with Crippen molar-refractivity contribution in [3.63, 3.8) is 0 Å². The summed E-state index contributed by atoms with van der Waals surface area (Å²) in [5.41, 5.74) is 0.194. The van der Waals surface area contributed by atoms with Gasteiger partial charge in [-0.1, -0.05) is 0 Å². The Labute approximate surface area is 132 Å². The number of benzene rings is 2. The van der Waals surface area contributed by atoms with E-state index in [-0.39, 0.29) is 29.5 Å². The number of rotatable bonds is 6. The van der Waals surface area contributed by atoms with E-state index in [0.717, 1.165) is 0 Å². The van der Waals surface area contributed by atoms with Gasteiger partial charge < -0.3 is 9.47 Å². The largest absolute Gasteiger partial charge is 0.490 e. The van der Waals surface area contributed by atoms with E-state index in [1.54, 1.807) is 0 Å². The highest BCUT2D eigenvalue weighted by molar-refractivity contribution is 7.89. The van der Waals surface area contributed by atoms with E-state index in [9.17, 15) is 17.6 Å². The molecule has 0 saturated carbocycles. The van der Waals surface area contributed by atoms with Crippen LogP contribution in [-0.2, 0) is 14.8 Å². The van der Waals surface area contributed by atoms with Crippen molar-refractivity contribution in [1.82, 2.24) is 0 Å². The molecular weight excluding hydrogens is 325 g/mol. The Morgan fingerprint density at radius 1 is 1.00 bits per heavy atom. The molecule has 0 aliphatic rings. The van der Waals surface area contributed by atoms with E-state index in [1.165, 1.54) is 48.5 Å². The minimum absolute atomic E-state index is 0.00680. The van der Waals surface area contributed by atoms with Crippen LogP contribution in [0.4, 0.5) is 4.39 Å². The summed E-state index contributed by atoms with van der Waals surface area (Å²) in [6, 6.07) is 10.5. The lowest BCUT2D eigenvalue weighted by molar-refractivity contribution is 0.0450. The van der Waals surface area contributed by atoms with Crippen molar-refractivity contribution in [2.75, 3.05) is 13.2 Å². The zero-order valence-electron chi connectivity index (χ0n) is 11.9. The fourth-order valence-electron chi connectivity index (χ4n) is 1.69. The first-order valence-electron chi connectivity index (χ1n) is 6.54. The predicted molar refractivity (Wildman–Crippen MR) is 80.0 cm³/mol. The quantitative estimate of drug-likeness (QED) is 0.638. The summed E-state index contributed by atoms with van der Waals surface area (Å²) in [5, 5.41) is 4.96. The number of nitrogens with two attached hydrogens (primary N) is 1. The van der Waals surface area contributed by atoms with Gasteiger partial charge in [-0.05, 0) is 48.5 Å². The van der Waals surface area contributed by atoms with Gasteiger partial charge in [-0.15, -0.1) is 0 Å². The topological polar surface area (TPSA) is 95.7 Å². The summed E-state index contributed by atoms with van der Waals surface area (Å²) in [4.78, 5) is 11.7. The number of sulfonamides is 1. The molecule has 2 aromatic carbocycles. The Kier molecular flexibility index (Phi) is 5.30. The molecule has 8 heteroatoms. The molecule has 2 aromatic rings. The van der Waals surface area contributed by atoms with Crippen molar-refractivity contribution >= 4 is 16.0 Å². The van der Waals surface area contributed by atoms with Crippen molar-refractivity contribution in [3.8, 4) is 5.75 Å². The Morgan fingerprint density at radius 3 is 2.17 bits per heavy atom. The van der Waals surface area contributed by atoms with Gasteiger partial charge in [0.15, 0.2) is 0 Å². The monoisotopic (exact) mass is 339 g/mol. The predicted octanol–water partition coefficient (Wildman–Crippen LogP) is 1.71. The fraction of sp³-hybridized carbons (Fsp3) is 0.133. The van der Waals surface area contributed by atoms with Gasteiger partial charge in [-0.25, -0.2) is 22.7 Å². The van der Waals surface area contributed by atoms with Crippen LogP contribution in [0, 0.1) is 5.82 Å². The maximum Gasteiger partial charge on any atom is 0.338 e. The average molecular weight is 339 g/mol. The summed E-state index contributed by atoms with van der Waals surface area (Å²) >= 11 is 0. The minimum Gasteiger partial charge on any atom is -0.490 e. The zero-order chi connectivity index (χ0) is 16.9. The lowest BCUT2D eigenvalue weighted by Gasteiger charge is -2.07. The van der Waals surface area contributed by atoms with E-state index in [4.69, 9.17) is 14.6 Å². The van der Waals surface area contributed by atoms with E-state index < -0.39 is 16.0 Å². The number of ether oxygens (including phenoxy) is 2. The van der Waals surface area contributed by atoms with E-state index in [1.807, 2.05) is 0 Å². The molecular formula is C15H14FNO5S. The molecule has 6 nitrogen and oxygen atoms in total. The number of hydrogen-bond acceptors (Lipinski definition) is 5. The highest BCUT2D eigenvalue weighted by atomic mass is 32.2. The number of esters is 1. The number of primary sulfonamides is 1.